The molecule has 1 aromatic heterocycles. The van der Waals surface area contributed by atoms with Gasteiger partial charge in [-0.1, -0.05) is 32.8 Å². The van der Waals surface area contributed by atoms with E-state index in [4.69, 9.17) is 0 Å². The third-order valence-electron chi connectivity index (χ3n) is 3.98. The molecule has 2 atom stereocenters. The number of nitrogens with one attached hydrogen (secondary N) is 1. The molecule has 0 bridgehead atoms. The summed E-state index contributed by atoms with van der Waals surface area (Å²) >= 11 is 0. The first-order chi connectivity index (χ1) is 9.33. The van der Waals surface area contributed by atoms with Gasteiger partial charge in [0.05, 0.1) is 0 Å². The monoisotopic (exact) mass is 261 g/mol. The Morgan fingerprint density at radius 3 is 2.84 bits per heavy atom. The first-order valence-corrected chi connectivity index (χ1v) is 7.69. The molecule has 1 fully saturated rings. The van der Waals surface area contributed by atoms with Crippen LogP contribution in [0.5, 0.6) is 0 Å². The van der Waals surface area contributed by atoms with Crippen molar-refractivity contribution < 1.29 is 0 Å². The molecule has 3 nitrogen and oxygen atoms in total. The summed E-state index contributed by atoms with van der Waals surface area (Å²) in [4.78, 5) is 6.88. The second-order valence-electron chi connectivity index (χ2n) is 5.63. The Bertz CT molecular complexity index is 352. The quantitative estimate of drug-likeness (QED) is 0.853. The minimum absolute atomic E-state index is 0.662. The van der Waals surface area contributed by atoms with Crippen molar-refractivity contribution in [3.05, 3.63) is 30.1 Å². The van der Waals surface area contributed by atoms with E-state index >= 15 is 0 Å². The van der Waals surface area contributed by atoms with Crippen LogP contribution in [0.4, 0.5) is 0 Å². The molecule has 1 N–H and O–H groups in total. The maximum atomic E-state index is 4.23. The van der Waals surface area contributed by atoms with Gasteiger partial charge in [-0.3, -0.25) is 9.88 Å². The fraction of sp³-hybridized carbons (Fsp3) is 0.688. The molecule has 106 valence electrons. The van der Waals surface area contributed by atoms with E-state index < -0.39 is 0 Å². The first-order valence-electron chi connectivity index (χ1n) is 7.69. The van der Waals surface area contributed by atoms with Gasteiger partial charge >= 0.3 is 0 Å². The average molecular weight is 261 g/mol. The maximum absolute atomic E-state index is 4.23. The summed E-state index contributed by atoms with van der Waals surface area (Å²) < 4.78 is 0. The molecule has 1 aliphatic rings. The van der Waals surface area contributed by atoms with Crippen LogP contribution in [-0.4, -0.2) is 35.1 Å². The van der Waals surface area contributed by atoms with Crippen LogP contribution in [0.3, 0.4) is 0 Å². The van der Waals surface area contributed by atoms with Gasteiger partial charge < -0.3 is 5.32 Å². The molecule has 0 amide bonds. The number of hydrogen-bond donors (Lipinski definition) is 1. The summed E-state index contributed by atoms with van der Waals surface area (Å²) in [6.07, 6.45) is 8.93. The third kappa shape index (κ3) is 4.29. The lowest BCUT2D eigenvalue weighted by Crippen LogP contribution is -2.55. The van der Waals surface area contributed by atoms with Gasteiger partial charge in [-0.05, 0) is 24.5 Å². The normalized spacial score (nSPS) is 24.5. The van der Waals surface area contributed by atoms with Gasteiger partial charge in [0, 0.05) is 44.1 Å². The predicted molar refractivity (Wildman–Crippen MR) is 80.0 cm³/mol. The van der Waals surface area contributed by atoms with Gasteiger partial charge in [-0.25, -0.2) is 0 Å². The summed E-state index contributed by atoms with van der Waals surface area (Å²) in [7, 11) is 0. The van der Waals surface area contributed by atoms with Crippen molar-refractivity contribution in [2.75, 3.05) is 13.1 Å². The molecule has 0 aliphatic carbocycles. The van der Waals surface area contributed by atoms with Crippen molar-refractivity contribution in [3.8, 4) is 0 Å². The average Bonchev–Trinajstić information content (AvgIpc) is 2.43. The summed E-state index contributed by atoms with van der Waals surface area (Å²) in [5.41, 5.74) is 1.33. The standard InChI is InChI=1S/C16H27N3/c1-3-6-15-13-19(16(7-4-2)11-18-15)12-14-8-5-9-17-10-14/h5,8-10,15-16,18H,3-4,6-7,11-13H2,1-2H3. The topological polar surface area (TPSA) is 28.2 Å². The first kappa shape index (κ1) is 14.5. The van der Waals surface area contributed by atoms with E-state index in [1.807, 2.05) is 18.5 Å². The number of piperazine rings is 1. The Morgan fingerprint density at radius 2 is 2.16 bits per heavy atom. The van der Waals surface area contributed by atoms with Gasteiger partial charge in [-0.15, -0.1) is 0 Å². The van der Waals surface area contributed by atoms with Crippen molar-refractivity contribution in [2.24, 2.45) is 0 Å². The second-order valence-corrected chi connectivity index (χ2v) is 5.63. The molecular weight excluding hydrogens is 234 g/mol. The van der Waals surface area contributed by atoms with E-state index in [-0.39, 0.29) is 0 Å². The number of rotatable bonds is 6. The van der Waals surface area contributed by atoms with Crippen LogP contribution in [0.2, 0.25) is 0 Å². The van der Waals surface area contributed by atoms with Crippen LogP contribution >= 0.6 is 0 Å². The number of nitrogens with zero attached hydrogens (tertiary/aromatic N) is 2. The van der Waals surface area contributed by atoms with E-state index in [0.29, 0.717) is 12.1 Å². The molecular formula is C16H27N3. The van der Waals surface area contributed by atoms with Crippen LogP contribution in [0.15, 0.2) is 24.5 Å². The third-order valence-corrected chi connectivity index (χ3v) is 3.98. The summed E-state index contributed by atoms with van der Waals surface area (Å²) in [6.45, 7) is 7.90. The van der Waals surface area contributed by atoms with Crippen molar-refractivity contribution in [1.29, 1.82) is 0 Å². The van der Waals surface area contributed by atoms with Crippen LogP contribution in [0.1, 0.15) is 45.1 Å². The molecule has 0 spiro atoms. The zero-order chi connectivity index (χ0) is 13.5. The molecule has 0 saturated carbocycles. The molecule has 1 aromatic rings. The van der Waals surface area contributed by atoms with Crippen LogP contribution in [-0.2, 0) is 6.54 Å². The molecule has 3 heteroatoms. The van der Waals surface area contributed by atoms with Crippen molar-refractivity contribution >= 4 is 0 Å². The van der Waals surface area contributed by atoms with Gasteiger partial charge in [0.15, 0.2) is 0 Å². The molecule has 2 heterocycles. The number of hydrogen-bond acceptors (Lipinski definition) is 3. The number of aromatic nitrogens is 1. The number of pyridine rings is 1. The van der Waals surface area contributed by atoms with Crippen LogP contribution < -0.4 is 5.32 Å². The lowest BCUT2D eigenvalue weighted by atomic mass is 10.0. The van der Waals surface area contributed by atoms with E-state index in [1.54, 1.807) is 0 Å². The Labute approximate surface area is 117 Å². The Kier molecular flexibility index (Phi) is 5.80. The van der Waals surface area contributed by atoms with Crippen molar-refractivity contribution in [2.45, 2.75) is 58.2 Å². The minimum Gasteiger partial charge on any atom is -0.311 e. The summed E-state index contributed by atoms with van der Waals surface area (Å²) in [5, 5.41) is 3.71. The molecule has 2 rings (SSSR count). The molecule has 2 unspecified atom stereocenters. The molecule has 19 heavy (non-hydrogen) atoms. The largest absolute Gasteiger partial charge is 0.311 e. The SMILES string of the molecule is CCCC1CN(Cc2cccnc2)C(CCC)CN1. The summed E-state index contributed by atoms with van der Waals surface area (Å²) in [6, 6.07) is 5.57. The Balaban J connectivity index is 1.98. The Morgan fingerprint density at radius 1 is 1.32 bits per heavy atom. The fourth-order valence-corrected chi connectivity index (χ4v) is 3.01. The highest BCUT2D eigenvalue weighted by molar-refractivity contribution is 5.09. The predicted octanol–water partition coefficient (Wildman–Crippen LogP) is 2.82. The van der Waals surface area contributed by atoms with Gasteiger partial charge in [0.1, 0.15) is 0 Å². The zero-order valence-corrected chi connectivity index (χ0v) is 12.3. The fourth-order valence-electron chi connectivity index (χ4n) is 3.01. The lowest BCUT2D eigenvalue weighted by molar-refractivity contribution is 0.111. The Hall–Kier alpha value is -0.930. The second kappa shape index (κ2) is 7.61. The zero-order valence-electron chi connectivity index (χ0n) is 12.3. The highest BCUT2D eigenvalue weighted by Crippen LogP contribution is 2.17. The van der Waals surface area contributed by atoms with E-state index in [9.17, 15) is 0 Å². The van der Waals surface area contributed by atoms with Gasteiger partial charge in [0.25, 0.3) is 0 Å². The van der Waals surface area contributed by atoms with Crippen LogP contribution in [0, 0.1) is 0 Å². The van der Waals surface area contributed by atoms with E-state index in [2.05, 4.69) is 35.1 Å². The molecule has 0 radical (unpaired) electrons. The molecule has 0 aromatic carbocycles. The highest BCUT2D eigenvalue weighted by atomic mass is 15.2. The smallest absolute Gasteiger partial charge is 0.0312 e. The minimum atomic E-state index is 0.662. The van der Waals surface area contributed by atoms with Gasteiger partial charge in [-0.2, -0.15) is 0 Å². The maximum Gasteiger partial charge on any atom is 0.0312 e. The summed E-state index contributed by atoms with van der Waals surface area (Å²) in [5.74, 6) is 0. The lowest BCUT2D eigenvalue weighted by Gasteiger charge is -2.40. The van der Waals surface area contributed by atoms with Crippen molar-refractivity contribution in [1.82, 2.24) is 15.2 Å². The highest BCUT2D eigenvalue weighted by Gasteiger charge is 2.26. The van der Waals surface area contributed by atoms with Gasteiger partial charge in [0.2, 0.25) is 0 Å². The molecule has 1 saturated heterocycles. The van der Waals surface area contributed by atoms with Crippen molar-refractivity contribution in [3.63, 3.8) is 0 Å². The van der Waals surface area contributed by atoms with E-state index in [0.717, 1.165) is 13.1 Å². The molecule has 1 aliphatic heterocycles. The van der Waals surface area contributed by atoms with E-state index in [1.165, 1.54) is 37.8 Å². The van der Waals surface area contributed by atoms with Crippen LogP contribution in [0.25, 0.3) is 0 Å².